The van der Waals surface area contributed by atoms with Gasteiger partial charge in [0.05, 0.1) is 19.1 Å². The zero-order chi connectivity index (χ0) is 17.5. The molecule has 0 saturated carbocycles. The normalized spacial score (nSPS) is 12.7. The molecular weight excluding hydrogens is 294 g/mol. The summed E-state index contributed by atoms with van der Waals surface area (Å²) in [6.07, 6.45) is 0.0826. The van der Waals surface area contributed by atoms with Crippen molar-refractivity contribution in [3.05, 3.63) is 35.4 Å². The molecule has 1 unspecified atom stereocenters. The maximum absolute atomic E-state index is 11.9. The lowest BCUT2D eigenvalue weighted by Gasteiger charge is -2.22. The standard InChI is InChI=1S/C18H27NO4/c1-5-23-11-10-16(20)19-15(12-17(21)22)13-6-8-14(9-7-13)18(2,3)4/h6-9,15H,5,10-12H2,1-4H3,(H,19,20)(H,21,22). The molecule has 5 heteroatoms. The minimum atomic E-state index is -0.944. The van der Waals surface area contributed by atoms with Crippen LogP contribution < -0.4 is 5.32 Å². The monoisotopic (exact) mass is 321 g/mol. The van der Waals surface area contributed by atoms with Crippen molar-refractivity contribution in [2.75, 3.05) is 13.2 Å². The zero-order valence-electron chi connectivity index (χ0n) is 14.4. The van der Waals surface area contributed by atoms with E-state index < -0.39 is 12.0 Å². The molecule has 1 amide bonds. The molecule has 2 N–H and O–H groups in total. The van der Waals surface area contributed by atoms with E-state index in [1.54, 1.807) is 0 Å². The van der Waals surface area contributed by atoms with Crippen molar-refractivity contribution >= 4 is 11.9 Å². The Kier molecular flexibility index (Phi) is 7.23. The summed E-state index contributed by atoms with van der Waals surface area (Å²) in [6, 6.07) is 7.21. The highest BCUT2D eigenvalue weighted by molar-refractivity contribution is 5.77. The Labute approximate surface area is 138 Å². The molecule has 5 nitrogen and oxygen atoms in total. The first-order valence-corrected chi connectivity index (χ1v) is 7.93. The van der Waals surface area contributed by atoms with E-state index in [1.807, 2.05) is 31.2 Å². The van der Waals surface area contributed by atoms with Crippen LogP contribution in [0.5, 0.6) is 0 Å². The van der Waals surface area contributed by atoms with Crippen LogP contribution in [-0.2, 0) is 19.7 Å². The van der Waals surface area contributed by atoms with E-state index >= 15 is 0 Å². The summed E-state index contributed by atoms with van der Waals surface area (Å²) in [7, 11) is 0. The van der Waals surface area contributed by atoms with Gasteiger partial charge in [0.1, 0.15) is 0 Å². The molecule has 0 spiro atoms. The Bertz CT molecular complexity index is 517. The van der Waals surface area contributed by atoms with Crippen LogP contribution >= 0.6 is 0 Å². The minimum Gasteiger partial charge on any atom is -0.481 e. The van der Waals surface area contributed by atoms with Crippen molar-refractivity contribution in [3.8, 4) is 0 Å². The summed E-state index contributed by atoms with van der Waals surface area (Å²) in [6.45, 7) is 9.11. The van der Waals surface area contributed by atoms with E-state index in [1.165, 1.54) is 0 Å². The van der Waals surface area contributed by atoms with Crippen molar-refractivity contribution in [1.29, 1.82) is 0 Å². The van der Waals surface area contributed by atoms with Crippen LogP contribution in [0.1, 0.15) is 57.7 Å². The summed E-state index contributed by atoms with van der Waals surface area (Å²) in [4.78, 5) is 23.0. The molecule has 1 aromatic carbocycles. The molecule has 23 heavy (non-hydrogen) atoms. The lowest BCUT2D eigenvalue weighted by atomic mass is 9.86. The number of ether oxygens (including phenoxy) is 1. The van der Waals surface area contributed by atoms with Crippen LogP contribution in [0.15, 0.2) is 24.3 Å². The second-order valence-electron chi connectivity index (χ2n) is 6.54. The van der Waals surface area contributed by atoms with Gasteiger partial charge in [0, 0.05) is 13.0 Å². The number of hydrogen-bond acceptors (Lipinski definition) is 3. The molecule has 0 saturated heterocycles. The van der Waals surface area contributed by atoms with Gasteiger partial charge in [0.25, 0.3) is 0 Å². The summed E-state index contributed by atoms with van der Waals surface area (Å²) < 4.78 is 5.15. The van der Waals surface area contributed by atoms with Crippen LogP contribution in [0.2, 0.25) is 0 Å². The maximum Gasteiger partial charge on any atom is 0.305 e. The minimum absolute atomic E-state index is 0.0293. The third-order valence-corrected chi connectivity index (χ3v) is 3.57. The second-order valence-corrected chi connectivity index (χ2v) is 6.54. The fourth-order valence-electron chi connectivity index (χ4n) is 2.22. The Morgan fingerprint density at radius 3 is 2.30 bits per heavy atom. The number of nitrogens with one attached hydrogen (secondary N) is 1. The van der Waals surface area contributed by atoms with E-state index in [4.69, 9.17) is 9.84 Å². The Balaban J connectivity index is 2.81. The topological polar surface area (TPSA) is 75.6 Å². The molecular formula is C18H27NO4. The number of carboxylic acid groups (broad SMARTS) is 1. The number of carbonyl (C=O) groups is 2. The molecule has 1 aromatic rings. The first kappa shape index (κ1) is 19.2. The van der Waals surface area contributed by atoms with Gasteiger partial charge >= 0.3 is 5.97 Å². The smallest absolute Gasteiger partial charge is 0.305 e. The number of carbonyl (C=O) groups excluding carboxylic acids is 1. The summed E-state index contributed by atoms with van der Waals surface area (Å²) >= 11 is 0. The van der Waals surface area contributed by atoms with Crippen LogP contribution in [0, 0.1) is 0 Å². The van der Waals surface area contributed by atoms with E-state index in [0.29, 0.717) is 13.2 Å². The number of rotatable bonds is 8. The number of benzene rings is 1. The molecule has 128 valence electrons. The van der Waals surface area contributed by atoms with Gasteiger partial charge in [-0.25, -0.2) is 0 Å². The molecule has 0 heterocycles. The van der Waals surface area contributed by atoms with Gasteiger partial charge in [-0.05, 0) is 23.5 Å². The SMILES string of the molecule is CCOCCC(=O)NC(CC(=O)O)c1ccc(C(C)(C)C)cc1. The van der Waals surface area contributed by atoms with Gasteiger partial charge in [0.15, 0.2) is 0 Å². The summed E-state index contributed by atoms with van der Waals surface area (Å²) in [5.74, 6) is -1.15. The highest BCUT2D eigenvalue weighted by Gasteiger charge is 2.19. The predicted molar refractivity (Wildman–Crippen MR) is 89.4 cm³/mol. The molecule has 1 rings (SSSR count). The Morgan fingerprint density at radius 1 is 1.22 bits per heavy atom. The molecule has 0 radical (unpaired) electrons. The number of aliphatic carboxylic acids is 1. The third kappa shape index (κ3) is 6.82. The zero-order valence-corrected chi connectivity index (χ0v) is 14.4. The number of amides is 1. The van der Waals surface area contributed by atoms with E-state index in [9.17, 15) is 9.59 Å². The highest BCUT2D eigenvalue weighted by Crippen LogP contribution is 2.25. The van der Waals surface area contributed by atoms with Crippen LogP contribution in [-0.4, -0.2) is 30.2 Å². The van der Waals surface area contributed by atoms with Gasteiger partial charge in [-0.15, -0.1) is 0 Å². The fraction of sp³-hybridized carbons (Fsp3) is 0.556. The highest BCUT2D eigenvalue weighted by atomic mass is 16.5. The second kappa shape index (κ2) is 8.67. The lowest BCUT2D eigenvalue weighted by molar-refractivity contribution is -0.137. The maximum atomic E-state index is 11.9. The Morgan fingerprint density at radius 2 is 1.83 bits per heavy atom. The molecule has 0 aliphatic rings. The fourth-order valence-corrected chi connectivity index (χ4v) is 2.22. The molecule has 1 atom stereocenters. The van der Waals surface area contributed by atoms with Gasteiger partial charge < -0.3 is 15.2 Å². The van der Waals surface area contributed by atoms with Crippen molar-refractivity contribution < 1.29 is 19.4 Å². The quantitative estimate of drug-likeness (QED) is 0.722. The predicted octanol–water partition coefficient (Wildman–Crippen LogP) is 3.04. The molecule has 0 bridgehead atoms. The first-order chi connectivity index (χ1) is 10.7. The first-order valence-electron chi connectivity index (χ1n) is 7.93. The average molecular weight is 321 g/mol. The van der Waals surface area contributed by atoms with Crippen LogP contribution in [0.3, 0.4) is 0 Å². The van der Waals surface area contributed by atoms with Crippen molar-refractivity contribution in [2.45, 2.75) is 52.0 Å². The molecule has 0 aliphatic carbocycles. The van der Waals surface area contributed by atoms with Crippen molar-refractivity contribution in [3.63, 3.8) is 0 Å². The summed E-state index contributed by atoms with van der Waals surface area (Å²) in [5, 5.41) is 11.9. The van der Waals surface area contributed by atoms with E-state index in [2.05, 4.69) is 26.1 Å². The summed E-state index contributed by atoms with van der Waals surface area (Å²) in [5.41, 5.74) is 1.99. The molecule has 0 fully saturated rings. The van der Waals surface area contributed by atoms with Crippen molar-refractivity contribution in [1.82, 2.24) is 5.32 Å². The molecule has 0 aliphatic heterocycles. The Hall–Kier alpha value is -1.88. The van der Waals surface area contributed by atoms with E-state index in [-0.39, 0.29) is 24.2 Å². The van der Waals surface area contributed by atoms with Gasteiger partial charge in [-0.1, -0.05) is 45.0 Å². The van der Waals surface area contributed by atoms with E-state index in [0.717, 1.165) is 11.1 Å². The van der Waals surface area contributed by atoms with Gasteiger partial charge in [0.2, 0.25) is 5.91 Å². The van der Waals surface area contributed by atoms with Gasteiger partial charge in [-0.3, -0.25) is 9.59 Å². The van der Waals surface area contributed by atoms with Gasteiger partial charge in [-0.2, -0.15) is 0 Å². The average Bonchev–Trinajstić information content (AvgIpc) is 2.45. The van der Waals surface area contributed by atoms with Crippen molar-refractivity contribution in [2.24, 2.45) is 0 Å². The van der Waals surface area contributed by atoms with Crippen LogP contribution in [0.4, 0.5) is 0 Å². The largest absolute Gasteiger partial charge is 0.481 e. The third-order valence-electron chi connectivity index (χ3n) is 3.57. The number of carboxylic acids is 1. The lowest BCUT2D eigenvalue weighted by Crippen LogP contribution is -2.31. The molecule has 0 aromatic heterocycles. The van der Waals surface area contributed by atoms with Crippen LogP contribution in [0.25, 0.3) is 0 Å². The number of hydrogen-bond donors (Lipinski definition) is 2.